The molecule has 0 spiro atoms. The standard InChI is InChI=1S/C23H26N2S/c1-2-8-20-17-22(12-11-19(20)7-1)26-23-10-4-3-9-21(23)18-24-13-16-25-14-5-6-15-25/h1-4,7-12,17,24H,5-6,13-16,18H2. The van der Waals surface area contributed by atoms with Gasteiger partial charge in [0.05, 0.1) is 0 Å². The molecule has 134 valence electrons. The van der Waals surface area contributed by atoms with Crippen molar-refractivity contribution in [2.45, 2.75) is 29.2 Å². The Morgan fingerprint density at radius 1 is 0.846 bits per heavy atom. The Labute approximate surface area is 160 Å². The van der Waals surface area contributed by atoms with Crippen LogP contribution in [0.25, 0.3) is 10.8 Å². The van der Waals surface area contributed by atoms with E-state index >= 15 is 0 Å². The van der Waals surface area contributed by atoms with Gasteiger partial charge in [-0.25, -0.2) is 0 Å². The summed E-state index contributed by atoms with van der Waals surface area (Å²) < 4.78 is 0. The van der Waals surface area contributed by atoms with Gasteiger partial charge in [-0.2, -0.15) is 0 Å². The number of hydrogen-bond acceptors (Lipinski definition) is 3. The number of likely N-dealkylation sites (tertiary alicyclic amines) is 1. The summed E-state index contributed by atoms with van der Waals surface area (Å²) in [6.45, 7) is 5.71. The lowest BCUT2D eigenvalue weighted by Crippen LogP contribution is -2.29. The SMILES string of the molecule is c1ccc(Sc2ccc3ccccc3c2)c(CNCCN2CCCC2)c1. The highest BCUT2D eigenvalue weighted by Gasteiger charge is 2.10. The molecule has 26 heavy (non-hydrogen) atoms. The van der Waals surface area contributed by atoms with Gasteiger partial charge in [0.2, 0.25) is 0 Å². The summed E-state index contributed by atoms with van der Waals surface area (Å²) in [6.07, 6.45) is 2.73. The quantitative estimate of drug-likeness (QED) is 0.583. The van der Waals surface area contributed by atoms with Crippen LogP contribution in [0.2, 0.25) is 0 Å². The van der Waals surface area contributed by atoms with E-state index in [1.807, 2.05) is 11.8 Å². The van der Waals surface area contributed by atoms with Crippen LogP contribution in [0.1, 0.15) is 18.4 Å². The molecule has 3 aromatic carbocycles. The van der Waals surface area contributed by atoms with Crippen LogP contribution in [0.3, 0.4) is 0 Å². The zero-order valence-corrected chi connectivity index (χ0v) is 16.0. The Hall–Kier alpha value is -1.81. The molecule has 3 heteroatoms. The first kappa shape index (κ1) is 17.6. The molecule has 1 aliphatic rings. The van der Waals surface area contributed by atoms with Gasteiger partial charge in [-0.1, -0.05) is 60.3 Å². The van der Waals surface area contributed by atoms with Gasteiger partial charge in [-0.3, -0.25) is 0 Å². The van der Waals surface area contributed by atoms with Crippen molar-refractivity contribution in [3.63, 3.8) is 0 Å². The van der Waals surface area contributed by atoms with Crippen LogP contribution in [-0.2, 0) is 6.54 Å². The molecule has 1 saturated heterocycles. The van der Waals surface area contributed by atoms with E-state index in [1.54, 1.807) is 0 Å². The maximum atomic E-state index is 3.63. The number of nitrogens with one attached hydrogen (secondary N) is 1. The van der Waals surface area contributed by atoms with Gasteiger partial charge in [0.1, 0.15) is 0 Å². The van der Waals surface area contributed by atoms with E-state index in [0.717, 1.165) is 13.1 Å². The van der Waals surface area contributed by atoms with Crippen LogP contribution >= 0.6 is 11.8 Å². The summed E-state index contributed by atoms with van der Waals surface area (Å²) >= 11 is 1.86. The van der Waals surface area contributed by atoms with Crippen molar-refractivity contribution in [3.8, 4) is 0 Å². The van der Waals surface area contributed by atoms with E-state index < -0.39 is 0 Å². The average molecular weight is 363 g/mol. The molecule has 2 nitrogen and oxygen atoms in total. The van der Waals surface area contributed by atoms with E-state index in [0.29, 0.717) is 0 Å². The summed E-state index contributed by atoms with van der Waals surface area (Å²) in [5.74, 6) is 0. The summed E-state index contributed by atoms with van der Waals surface area (Å²) in [5.41, 5.74) is 1.38. The molecule has 1 aliphatic heterocycles. The van der Waals surface area contributed by atoms with Crippen LogP contribution in [0.4, 0.5) is 0 Å². The molecule has 0 aromatic heterocycles. The lowest BCUT2D eigenvalue weighted by atomic mass is 10.1. The minimum absolute atomic E-state index is 0.935. The zero-order valence-electron chi connectivity index (χ0n) is 15.2. The largest absolute Gasteiger partial charge is 0.311 e. The molecule has 0 aliphatic carbocycles. The van der Waals surface area contributed by atoms with E-state index in [2.05, 4.69) is 76.9 Å². The van der Waals surface area contributed by atoms with Gasteiger partial charge >= 0.3 is 0 Å². The maximum Gasteiger partial charge on any atom is 0.0217 e. The third-order valence-corrected chi connectivity index (χ3v) is 6.15. The smallest absolute Gasteiger partial charge is 0.0217 e. The molecule has 1 N–H and O–H groups in total. The van der Waals surface area contributed by atoms with Crippen molar-refractivity contribution >= 4 is 22.5 Å². The molecule has 1 fully saturated rings. The molecule has 0 bridgehead atoms. The second-order valence-electron chi connectivity index (χ2n) is 6.94. The lowest BCUT2D eigenvalue weighted by Gasteiger charge is -2.15. The van der Waals surface area contributed by atoms with Gasteiger partial charge in [0.15, 0.2) is 0 Å². The predicted molar refractivity (Wildman–Crippen MR) is 112 cm³/mol. The number of hydrogen-bond donors (Lipinski definition) is 1. The van der Waals surface area contributed by atoms with Crippen LogP contribution in [-0.4, -0.2) is 31.1 Å². The van der Waals surface area contributed by atoms with E-state index in [-0.39, 0.29) is 0 Å². The Kier molecular flexibility index (Phi) is 5.90. The third-order valence-electron chi connectivity index (χ3n) is 5.04. The lowest BCUT2D eigenvalue weighted by molar-refractivity contribution is 0.335. The molecular formula is C23H26N2S. The monoisotopic (exact) mass is 362 g/mol. The fourth-order valence-electron chi connectivity index (χ4n) is 3.57. The summed E-state index contributed by atoms with van der Waals surface area (Å²) in [7, 11) is 0. The molecular weight excluding hydrogens is 336 g/mol. The predicted octanol–water partition coefficient (Wildman–Crippen LogP) is 5.18. The highest BCUT2D eigenvalue weighted by Crippen LogP contribution is 2.32. The molecule has 0 saturated carbocycles. The number of benzene rings is 3. The molecule has 3 aromatic rings. The van der Waals surface area contributed by atoms with Crippen LogP contribution in [0.15, 0.2) is 76.5 Å². The van der Waals surface area contributed by atoms with E-state index in [9.17, 15) is 0 Å². The summed E-state index contributed by atoms with van der Waals surface area (Å²) in [6, 6.07) is 24.0. The molecule has 1 heterocycles. The van der Waals surface area contributed by atoms with E-state index in [1.165, 1.54) is 58.6 Å². The van der Waals surface area contributed by atoms with Gasteiger partial charge in [0.25, 0.3) is 0 Å². The first-order valence-electron chi connectivity index (χ1n) is 9.56. The first-order valence-corrected chi connectivity index (χ1v) is 10.4. The Balaban J connectivity index is 1.39. The normalized spacial score (nSPS) is 14.9. The van der Waals surface area contributed by atoms with Gasteiger partial charge in [-0.15, -0.1) is 0 Å². The summed E-state index contributed by atoms with van der Waals surface area (Å²) in [5, 5.41) is 6.23. The fraction of sp³-hybridized carbons (Fsp3) is 0.304. The number of rotatable bonds is 7. The molecule has 4 rings (SSSR count). The minimum atomic E-state index is 0.935. The first-order chi connectivity index (χ1) is 12.9. The van der Waals surface area contributed by atoms with Crippen LogP contribution in [0.5, 0.6) is 0 Å². The second kappa shape index (κ2) is 8.72. The van der Waals surface area contributed by atoms with Crippen molar-refractivity contribution in [1.29, 1.82) is 0 Å². The fourth-order valence-corrected chi connectivity index (χ4v) is 4.57. The Bertz CT molecular complexity index is 855. The third kappa shape index (κ3) is 4.47. The molecule has 0 atom stereocenters. The second-order valence-corrected chi connectivity index (χ2v) is 8.06. The van der Waals surface area contributed by atoms with Crippen molar-refractivity contribution in [2.75, 3.05) is 26.2 Å². The maximum absolute atomic E-state index is 3.63. The van der Waals surface area contributed by atoms with Gasteiger partial charge < -0.3 is 10.2 Å². The van der Waals surface area contributed by atoms with Crippen molar-refractivity contribution in [2.24, 2.45) is 0 Å². The van der Waals surface area contributed by atoms with E-state index in [4.69, 9.17) is 0 Å². The van der Waals surface area contributed by atoms with Gasteiger partial charge in [0, 0.05) is 29.4 Å². The highest BCUT2D eigenvalue weighted by molar-refractivity contribution is 7.99. The molecule has 0 radical (unpaired) electrons. The average Bonchev–Trinajstić information content (AvgIpc) is 3.20. The zero-order chi connectivity index (χ0) is 17.6. The van der Waals surface area contributed by atoms with Crippen molar-refractivity contribution < 1.29 is 0 Å². The van der Waals surface area contributed by atoms with Crippen LogP contribution < -0.4 is 5.32 Å². The van der Waals surface area contributed by atoms with Crippen molar-refractivity contribution in [1.82, 2.24) is 10.2 Å². The topological polar surface area (TPSA) is 15.3 Å². The number of nitrogens with zero attached hydrogens (tertiary/aromatic N) is 1. The molecule has 0 amide bonds. The van der Waals surface area contributed by atoms with Gasteiger partial charge in [-0.05, 0) is 60.5 Å². The summed E-state index contributed by atoms with van der Waals surface area (Å²) in [4.78, 5) is 5.20. The number of fused-ring (bicyclic) bond motifs is 1. The van der Waals surface area contributed by atoms with Crippen molar-refractivity contribution in [3.05, 3.63) is 72.3 Å². The highest BCUT2D eigenvalue weighted by atomic mass is 32.2. The Morgan fingerprint density at radius 2 is 1.62 bits per heavy atom. The molecule has 0 unspecified atom stereocenters. The minimum Gasteiger partial charge on any atom is -0.311 e. The van der Waals surface area contributed by atoms with Crippen LogP contribution in [0, 0.1) is 0 Å². The Morgan fingerprint density at radius 3 is 2.50 bits per heavy atom.